The molecule has 2 nitrogen and oxygen atoms in total. The first-order valence-corrected chi connectivity index (χ1v) is 7.72. The van der Waals surface area contributed by atoms with Gasteiger partial charge in [0.25, 0.3) is 0 Å². The molecule has 0 aliphatic heterocycles. The monoisotopic (exact) mass is 277 g/mol. The molecule has 0 atom stereocenters. The number of nitrogens with one attached hydrogen (secondary N) is 1. The van der Waals surface area contributed by atoms with Gasteiger partial charge in [-0.1, -0.05) is 18.6 Å². The molecule has 0 spiro atoms. The van der Waals surface area contributed by atoms with Crippen molar-refractivity contribution in [2.75, 3.05) is 13.7 Å². The molecule has 1 N–H and O–H groups in total. The second kappa shape index (κ2) is 7.68. The molecule has 0 fully saturated rings. The van der Waals surface area contributed by atoms with Crippen LogP contribution in [0.15, 0.2) is 12.1 Å². The molecule has 114 valence electrons. The molecule has 0 aliphatic rings. The molecule has 1 aromatic carbocycles. The smallest absolute Gasteiger partial charge is 0.124 e. The summed E-state index contributed by atoms with van der Waals surface area (Å²) in [6.07, 6.45) is 4.97. The second-order valence-electron chi connectivity index (χ2n) is 6.75. The van der Waals surface area contributed by atoms with E-state index in [-0.39, 0.29) is 5.54 Å². The van der Waals surface area contributed by atoms with E-state index in [1.54, 1.807) is 7.11 Å². The highest BCUT2D eigenvalue weighted by molar-refractivity contribution is 5.43. The van der Waals surface area contributed by atoms with Gasteiger partial charge in [-0.05, 0) is 77.1 Å². The minimum absolute atomic E-state index is 0.240. The standard InChI is InChI=1S/C18H31NO/c1-14-12-16(13-15(2)17(14)20-6)10-8-7-9-11-19-18(3,4)5/h12-13,19H,7-11H2,1-6H3. The van der Waals surface area contributed by atoms with Crippen LogP contribution < -0.4 is 10.1 Å². The molecule has 0 amide bonds. The van der Waals surface area contributed by atoms with Crippen molar-refractivity contribution in [2.45, 2.75) is 65.8 Å². The molecule has 0 heterocycles. The van der Waals surface area contributed by atoms with Crippen molar-refractivity contribution in [3.8, 4) is 5.75 Å². The Bertz CT molecular complexity index is 395. The van der Waals surface area contributed by atoms with Crippen molar-refractivity contribution in [1.82, 2.24) is 5.32 Å². The Kier molecular flexibility index (Phi) is 6.54. The SMILES string of the molecule is COc1c(C)cc(CCCCCNC(C)(C)C)cc1C. The zero-order valence-corrected chi connectivity index (χ0v) is 14.1. The first kappa shape index (κ1) is 17.0. The normalized spacial score (nSPS) is 11.7. The lowest BCUT2D eigenvalue weighted by atomic mass is 10.0. The quantitative estimate of drug-likeness (QED) is 0.745. The number of benzene rings is 1. The van der Waals surface area contributed by atoms with E-state index in [4.69, 9.17) is 4.74 Å². The fourth-order valence-electron chi connectivity index (χ4n) is 2.60. The summed E-state index contributed by atoms with van der Waals surface area (Å²) in [4.78, 5) is 0. The number of ether oxygens (including phenoxy) is 1. The minimum Gasteiger partial charge on any atom is -0.496 e. The number of unbranched alkanes of at least 4 members (excludes halogenated alkanes) is 2. The maximum absolute atomic E-state index is 5.41. The van der Waals surface area contributed by atoms with E-state index in [0.29, 0.717) is 0 Å². The van der Waals surface area contributed by atoms with Crippen molar-refractivity contribution in [2.24, 2.45) is 0 Å². The lowest BCUT2D eigenvalue weighted by Crippen LogP contribution is -2.36. The third kappa shape index (κ3) is 5.96. The number of hydrogen-bond acceptors (Lipinski definition) is 2. The summed E-state index contributed by atoms with van der Waals surface area (Å²) in [5, 5.41) is 3.54. The van der Waals surface area contributed by atoms with Crippen LogP contribution in [-0.2, 0) is 6.42 Å². The van der Waals surface area contributed by atoms with Crippen molar-refractivity contribution in [3.05, 3.63) is 28.8 Å². The van der Waals surface area contributed by atoms with E-state index in [1.165, 1.54) is 42.4 Å². The van der Waals surface area contributed by atoms with Crippen LogP contribution in [0.4, 0.5) is 0 Å². The van der Waals surface area contributed by atoms with Crippen LogP contribution >= 0.6 is 0 Å². The van der Waals surface area contributed by atoms with Crippen LogP contribution in [0.25, 0.3) is 0 Å². The zero-order valence-electron chi connectivity index (χ0n) is 14.1. The average Bonchev–Trinajstić information content (AvgIpc) is 2.32. The predicted molar refractivity (Wildman–Crippen MR) is 87.8 cm³/mol. The minimum atomic E-state index is 0.240. The molecule has 1 rings (SSSR count). The zero-order chi connectivity index (χ0) is 15.2. The summed E-state index contributed by atoms with van der Waals surface area (Å²) in [5.74, 6) is 1.03. The summed E-state index contributed by atoms with van der Waals surface area (Å²) >= 11 is 0. The molecule has 0 saturated heterocycles. The number of rotatable bonds is 7. The molecule has 20 heavy (non-hydrogen) atoms. The van der Waals surface area contributed by atoms with E-state index >= 15 is 0 Å². The molecule has 1 aromatic rings. The van der Waals surface area contributed by atoms with Gasteiger partial charge in [-0.3, -0.25) is 0 Å². The number of methoxy groups -OCH3 is 1. The summed E-state index contributed by atoms with van der Waals surface area (Å²) in [6.45, 7) is 12.0. The highest BCUT2D eigenvalue weighted by Crippen LogP contribution is 2.25. The van der Waals surface area contributed by atoms with Crippen molar-refractivity contribution >= 4 is 0 Å². The predicted octanol–water partition coefficient (Wildman–Crippen LogP) is 4.41. The Hall–Kier alpha value is -1.02. The fourth-order valence-corrected chi connectivity index (χ4v) is 2.60. The highest BCUT2D eigenvalue weighted by atomic mass is 16.5. The summed E-state index contributed by atoms with van der Waals surface area (Å²) in [6, 6.07) is 4.53. The van der Waals surface area contributed by atoms with E-state index in [9.17, 15) is 0 Å². The molecule has 0 bridgehead atoms. The van der Waals surface area contributed by atoms with Gasteiger partial charge in [-0.2, -0.15) is 0 Å². The van der Waals surface area contributed by atoms with E-state index in [2.05, 4.69) is 52.1 Å². The van der Waals surface area contributed by atoms with Crippen LogP contribution in [-0.4, -0.2) is 19.2 Å². The highest BCUT2D eigenvalue weighted by Gasteiger charge is 2.07. The van der Waals surface area contributed by atoms with Gasteiger partial charge in [0.15, 0.2) is 0 Å². The number of aryl methyl sites for hydroxylation is 3. The van der Waals surface area contributed by atoms with Crippen LogP contribution in [0.1, 0.15) is 56.7 Å². The van der Waals surface area contributed by atoms with Gasteiger partial charge in [-0.25, -0.2) is 0 Å². The van der Waals surface area contributed by atoms with Gasteiger partial charge in [0.05, 0.1) is 7.11 Å². The average molecular weight is 277 g/mol. The van der Waals surface area contributed by atoms with Gasteiger partial charge < -0.3 is 10.1 Å². The Morgan fingerprint density at radius 2 is 1.60 bits per heavy atom. The van der Waals surface area contributed by atoms with Crippen molar-refractivity contribution in [1.29, 1.82) is 0 Å². The Morgan fingerprint density at radius 1 is 1.00 bits per heavy atom. The Morgan fingerprint density at radius 3 is 2.10 bits per heavy atom. The Balaban J connectivity index is 2.33. The molecule has 2 heteroatoms. The third-order valence-electron chi connectivity index (χ3n) is 3.52. The van der Waals surface area contributed by atoms with Crippen LogP contribution in [0.3, 0.4) is 0 Å². The molecule has 0 unspecified atom stereocenters. The van der Waals surface area contributed by atoms with Crippen LogP contribution in [0.5, 0.6) is 5.75 Å². The topological polar surface area (TPSA) is 21.3 Å². The third-order valence-corrected chi connectivity index (χ3v) is 3.52. The van der Waals surface area contributed by atoms with E-state index < -0.39 is 0 Å². The largest absolute Gasteiger partial charge is 0.496 e. The molecular weight excluding hydrogens is 246 g/mol. The summed E-state index contributed by atoms with van der Waals surface area (Å²) in [5.41, 5.74) is 4.17. The number of hydrogen-bond donors (Lipinski definition) is 1. The lowest BCUT2D eigenvalue weighted by molar-refractivity contribution is 0.408. The maximum Gasteiger partial charge on any atom is 0.124 e. The van der Waals surface area contributed by atoms with Gasteiger partial charge in [-0.15, -0.1) is 0 Å². The molecular formula is C18H31NO. The summed E-state index contributed by atoms with van der Waals surface area (Å²) < 4.78 is 5.41. The van der Waals surface area contributed by atoms with Crippen LogP contribution in [0, 0.1) is 13.8 Å². The second-order valence-corrected chi connectivity index (χ2v) is 6.75. The first-order valence-electron chi connectivity index (χ1n) is 7.72. The van der Waals surface area contributed by atoms with E-state index in [1.807, 2.05) is 0 Å². The van der Waals surface area contributed by atoms with E-state index in [0.717, 1.165) is 12.3 Å². The molecule has 0 aliphatic carbocycles. The first-order chi connectivity index (χ1) is 9.33. The Labute approximate surface area is 124 Å². The lowest BCUT2D eigenvalue weighted by Gasteiger charge is -2.20. The van der Waals surface area contributed by atoms with Crippen molar-refractivity contribution in [3.63, 3.8) is 0 Å². The van der Waals surface area contributed by atoms with Gasteiger partial charge in [0, 0.05) is 5.54 Å². The van der Waals surface area contributed by atoms with Crippen LogP contribution in [0.2, 0.25) is 0 Å². The fraction of sp³-hybridized carbons (Fsp3) is 0.667. The van der Waals surface area contributed by atoms with Crippen molar-refractivity contribution < 1.29 is 4.74 Å². The molecule has 0 saturated carbocycles. The molecule has 0 aromatic heterocycles. The van der Waals surface area contributed by atoms with Gasteiger partial charge in [0.1, 0.15) is 5.75 Å². The summed E-state index contributed by atoms with van der Waals surface area (Å²) in [7, 11) is 1.75. The van der Waals surface area contributed by atoms with Gasteiger partial charge in [0.2, 0.25) is 0 Å². The van der Waals surface area contributed by atoms with Gasteiger partial charge >= 0.3 is 0 Å². The maximum atomic E-state index is 5.41. The molecule has 0 radical (unpaired) electrons.